The molecular weight excluding hydrogens is 262 g/mol. The number of hydrogen-bond donors (Lipinski definition) is 2. The third-order valence-corrected chi connectivity index (χ3v) is 3.76. The lowest BCUT2D eigenvalue weighted by molar-refractivity contribution is 0.210. The average molecular weight is 293 g/mol. The minimum Gasteiger partial charge on any atom is -0.494 e. The van der Waals surface area contributed by atoms with Crippen molar-refractivity contribution in [3.63, 3.8) is 0 Å². The molecule has 2 N–H and O–H groups in total. The molecule has 0 aliphatic heterocycles. The van der Waals surface area contributed by atoms with Gasteiger partial charge in [-0.2, -0.15) is 0 Å². The first-order chi connectivity index (χ1) is 10.2. The molecule has 0 fully saturated rings. The highest BCUT2D eigenvalue weighted by Gasteiger charge is 2.10. The Balaban J connectivity index is 2.29. The van der Waals surface area contributed by atoms with E-state index in [0.717, 1.165) is 25.3 Å². The summed E-state index contributed by atoms with van der Waals surface area (Å²) >= 11 is 0. The van der Waals surface area contributed by atoms with E-state index >= 15 is 0 Å². The third-order valence-electron chi connectivity index (χ3n) is 3.76. The highest BCUT2D eigenvalue weighted by atomic mass is 16.5. The fourth-order valence-electron chi connectivity index (χ4n) is 2.18. The molecule has 120 valence electrons. The van der Waals surface area contributed by atoms with Gasteiger partial charge in [-0.3, -0.25) is 0 Å². The van der Waals surface area contributed by atoms with E-state index in [1.54, 1.807) is 0 Å². The highest BCUT2D eigenvalue weighted by Crippen LogP contribution is 2.13. The second-order valence-corrected chi connectivity index (χ2v) is 5.97. The van der Waals surface area contributed by atoms with Crippen LogP contribution < -0.4 is 10.1 Å². The van der Waals surface area contributed by atoms with Gasteiger partial charge in [0.25, 0.3) is 0 Å². The SMILES string of the molecule is CCCCCCOc1ccc(CN[C@H](CO)C(C)C)cc1. The molecule has 0 unspecified atom stereocenters. The van der Waals surface area contributed by atoms with Crippen LogP contribution >= 0.6 is 0 Å². The van der Waals surface area contributed by atoms with Crippen molar-refractivity contribution in [1.82, 2.24) is 5.32 Å². The van der Waals surface area contributed by atoms with Gasteiger partial charge in [0.05, 0.1) is 13.2 Å². The second kappa shape index (κ2) is 10.6. The molecule has 21 heavy (non-hydrogen) atoms. The molecule has 0 aromatic heterocycles. The summed E-state index contributed by atoms with van der Waals surface area (Å²) in [6.07, 6.45) is 4.92. The molecule has 0 aliphatic carbocycles. The van der Waals surface area contributed by atoms with Crippen LogP contribution in [0, 0.1) is 5.92 Å². The maximum atomic E-state index is 9.29. The fourth-order valence-corrected chi connectivity index (χ4v) is 2.18. The lowest BCUT2D eigenvalue weighted by Crippen LogP contribution is -2.36. The molecule has 0 aliphatic rings. The van der Waals surface area contributed by atoms with Crippen molar-refractivity contribution in [3.05, 3.63) is 29.8 Å². The molecule has 1 rings (SSSR count). The Bertz CT molecular complexity index is 362. The lowest BCUT2D eigenvalue weighted by atomic mass is 10.1. The van der Waals surface area contributed by atoms with Crippen molar-refractivity contribution in [3.8, 4) is 5.75 Å². The molecule has 0 radical (unpaired) electrons. The Morgan fingerprint density at radius 1 is 1.10 bits per heavy atom. The molecule has 1 aromatic rings. The van der Waals surface area contributed by atoms with Crippen LogP contribution in [0.2, 0.25) is 0 Å². The van der Waals surface area contributed by atoms with Crippen molar-refractivity contribution in [2.24, 2.45) is 5.92 Å². The summed E-state index contributed by atoms with van der Waals surface area (Å²) in [7, 11) is 0. The summed E-state index contributed by atoms with van der Waals surface area (Å²) in [6, 6.07) is 8.38. The van der Waals surface area contributed by atoms with Gasteiger partial charge in [-0.25, -0.2) is 0 Å². The Kier molecular flexibility index (Phi) is 9.11. The second-order valence-electron chi connectivity index (χ2n) is 5.97. The minimum atomic E-state index is 0.152. The van der Waals surface area contributed by atoms with Gasteiger partial charge in [0.1, 0.15) is 5.75 Å². The van der Waals surface area contributed by atoms with Gasteiger partial charge in [0.2, 0.25) is 0 Å². The van der Waals surface area contributed by atoms with E-state index in [1.165, 1.54) is 24.8 Å². The molecule has 3 heteroatoms. The van der Waals surface area contributed by atoms with Crippen molar-refractivity contribution in [2.45, 2.75) is 59.0 Å². The maximum absolute atomic E-state index is 9.29. The number of unbranched alkanes of at least 4 members (excludes halogenated alkanes) is 3. The van der Waals surface area contributed by atoms with E-state index in [0.29, 0.717) is 5.92 Å². The first-order valence-electron chi connectivity index (χ1n) is 8.23. The van der Waals surface area contributed by atoms with E-state index in [2.05, 4.69) is 38.2 Å². The first kappa shape index (κ1) is 18.0. The Hall–Kier alpha value is -1.06. The van der Waals surface area contributed by atoms with Crippen molar-refractivity contribution in [1.29, 1.82) is 0 Å². The summed E-state index contributed by atoms with van der Waals surface area (Å²) < 4.78 is 5.73. The molecule has 1 atom stereocenters. The van der Waals surface area contributed by atoms with Crippen LogP contribution in [0.4, 0.5) is 0 Å². The first-order valence-corrected chi connectivity index (χ1v) is 8.23. The van der Waals surface area contributed by atoms with Crippen LogP contribution in [0.5, 0.6) is 5.75 Å². The number of benzene rings is 1. The monoisotopic (exact) mass is 293 g/mol. The Morgan fingerprint density at radius 3 is 2.38 bits per heavy atom. The number of hydrogen-bond acceptors (Lipinski definition) is 3. The van der Waals surface area contributed by atoms with Crippen molar-refractivity contribution >= 4 is 0 Å². The van der Waals surface area contributed by atoms with Crippen LogP contribution in [0.25, 0.3) is 0 Å². The quantitative estimate of drug-likeness (QED) is 0.611. The lowest BCUT2D eigenvalue weighted by Gasteiger charge is -2.20. The standard InChI is InChI=1S/C18H31NO2/c1-4-5-6-7-12-21-17-10-8-16(9-11-17)13-19-18(14-20)15(2)3/h8-11,15,18-20H,4-7,12-14H2,1-3H3/t18-/m1/s1. The van der Waals surface area contributed by atoms with Crippen LogP contribution in [-0.4, -0.2) is 24.4 Å². The van der Waals surface area contributed by atoms with Crippen molar-refractivity contribution in [2.75, 3.05) is 13.2 Å². The van der Waals surface area contributed by atoms with Gasteiger partial charge in [-0.1, -0.05) is 52.2 Å². The van der Waals surface area contributed by atoms with Gasteiger partial charge in [-0.15, -0.1) is 0 Å². The van der Waals surface area contributed by atoms with Gasteiger partial charge in [0.15, 0.2) is 0 Å². The summed E-state index contributed by atoms with van der Waals surface area (Å²) in [6.45, 7) is 8.20. The maximum Gasteiger partial charge on any atom is 0.119 e. The number of nitrogens with one attached hydrogen (secondary N) is 1. The number of rotatable bonds is 11. The van der Waals surface area contributed by atoms with E-state index in [9.17, 15) is 5.11 Å². The van der Waals surface area contributed by atoms with E-state index in [1.807, 2.05) is 12.1 Å². The van der Waals surface area contributed by atoms with E-state index in [4.69, 9.17) is 4.74 Å². The topological polar surface area (TPSA) is 41.5 Å². The van der Waals surface area contributed by atoms with Crippen LogP contribution in [-0.2, 0) is 6.54 Å². The molecule has 1 aromatic carbocycles. The van der Waals surface area contributed by atoms with Gasteiger partial charge < -0.3 is 15.2 Å². The van der Waals surface area contributed by atoms with Crippen LogP contribution in [0.3, 0.4) is 0 Å². The molecule has 0 heterocycles. The summed E-state index contributed by atoms with van der Waals surface area (Å²) in [5.74, 6) is 1.37. The van der Waals surface area contributed by atoms with E-state index < -0.39 is 0 Å². The molecule has 0 saturated heterocycles. The predicted octanol–water partition coefficient (Wildman–Crippen LogP) is 3.75. The third kappa shape index (κ3) is 7.49. The predicted molar refractivity (Wildman–Crippen MR) is 88.6 cm³/mol. The smallest absolute Gasteiger partial charge is 0.119 e. The van der Waals surface area contributed by atoms with E-state index in [-0.39, 0.29) is 12.6 Å². The van der Waals surface area contributed by atoms with Gasteiger partial charge in [0, 0.05) is 12.6 Å². The molecule has 0 bridgehead atoms. The zero-order valence-corrected chi connectivity index (χ0v) is 13.8. The molecular formula is C18H31NO2. The fraction of sp³-hybridized carbons (Fsp3) is 0.667. The molecule has 0 spiro atoms. The molecule has 0 amide bonds. The number of aliphatic hydroxyl groups excluding tert-OH is 1. The number of aliphatic hydroxyl groups is 1. The Morgan fingerprint density at radius 2 is 1.81 bits per heavy atom. The highest BCUT2D eigenvalue weighted by molar-refractivity contribution is 5.27. The minimum absolute atomic E-state index is 0.152. The largest absolute Gasteiger partial charge is 0.494 e. The average Bonchev–Trinajstić information content (AvgIpc) is 2.49. The van der Waals surface area contributed by atoms with Crippen LogP contribution in [0.15, 0.2) is 24.3 Å². The summed E-state index contributed by atoms with van der Waals surface area (Å²) in [5, 5.41) is 12.7. The molecule has 3 nitrogen and oxygen atoms in total. The van der Waals surface area contributed by atoms with Gasteiger partial charge >= 0.3 is 0 Å². The van der Waals surface area contributed by atoms with Crippen molar-refractivity contribution < 1.29 is 9.84 Å². The van der Waals surface area contributed by atoms with Crippen LogP contribution in [0.1, 0.15) is 52.0 Å². The summed E-state index contributed by atoms with van der Waals surface area (Å²) in [5.41, 5.74) is 1.22. The number of ether oxygens (including phenoxy) is 1. The Labute approximate surface area is 129 Å². The normalized spacial score (nSPS) is 12.6. The van der Waals surface area contributed by atoms with Gasteiger partial charge in [-0.05, 0) is 30.0 Å². The zero-order chi connectivity index (χ0) is 15.5. The summed E-state index contributed by atoms with van der Waals surface area (Å²) in [4.78, 5) is 0. The zero-order valence-electron chi connectivity index (χ0n) is 13.8. The molecule has 0 saturated carbocycles.